The molecule has 0 spiro atoms. The van der Waals surface area contributed by atoms with Gasteiger partial charge in [0.1, 0.15) is 10.7 Å². The molecule has 2 rings (SSSR count). The number of nitrogens with two attached hydrogens (primary N) is 1. The van der Waals surface area contributed by atoms with Crippen molar-refractivity contribution in [3.05, 3.63) is 22.4 Å². The fourth-order valence-electron chi connectivity index (χ4n) is 2.36. The minimum Gasteiger partial charge on any atom is -0.398 e. The van der Waals surface area contributed by atoms with Crippen molar-refractivity contribution in [1.82, 2.24) is 4.72 Å². The molecule has 0 heterocycles. The molecule has 0 amide bonds. The van der Waals surface area contributed by atoms with Crippen molar-refractivity contribution in [2.75, 3.05) is 12.0 Å². The Morgan fingerprint density at radius 2 is 2.15 bits per heavy atom. The molecule has 1 aromatic carbocycles. The van der Waals surface area contributed by atoms with Crippen LogP contribution in [0.15, 0.2) is 21.5 Å². The van der Waals surface area contributed by atoms with Crippen LogP contribution < -0.4 is 10.5 Å². The molecule has 1 aliphatic carbocycles. The minimum absolute atomic E-state index is 0.153. The van der Waals surface area contributed by atoms with Crippen LogP contribution in [-0.4, -0.2) is 26.0 Å². The van der Waals surface area contributed by atoms with Crippen molar-refractivity contribution in [2.45, 2.75) is 35.4 Å². The van der Waals surface area contributed by atoms with Gasteiger partial charge >= 0.3 is 0 Å². The Labute approximate surface area is 130 Å². The summed E-state index contributed by atoms with van der Waals surface area (Å²) in [4.78, 5) is -0.398. The lowest BCUT2D eigenvalue weighted by molar-refractivity contribution is 0.539. The minimum atomic E-state index is -3.90. The lowest BCUT2D eigenvalue weighted by Crippen LogP contribution is -2.38. The molecule has 0 aliphatic heterocycles. The van der Waals surface area contributed by atoms with Crippen molar-refractivity contribution < 1.29 is 12.8 Å². The molecule has 2 unspecified atom stereocenters. The summed E-state index contributed by atoms with van der Waals surface area (Å²) in [6.45, 7) is 0. The number of benzene rings is 1. The van der Waals surface area contributed by atoms with Crippen LogP contribution in [0.3, 0.4) is 0 Å². The summed E-state index contributed by atoms with van der Waals surface area (Å²) < 4.78 is 41.4. The van der Waals surface area contributed by atoms with E-state index in [2.05, 4.69) is 20.7 Å². The number of thioether (sulfide) groups is 1. The van der Waals surface area contributed by atoms with Gasteiger partial charge in [-0.1, -0.05) is 6.42 Å². The molecule has 1 fully saturated rings. The van der Waals surface area contributed by atoms with Gasteiger partial charge in [-0.2, -0.15) is 11.8 Å². The molecule has 8 heteroatoms. The number of hydrogen-bond donors (Lipinski definition) is 2. The summed E-state index contributed by atoms with van der Waals surface area (Å²) in [5, 5.41) is 0.237. The summed E-state index contributed by atoms with van der Waals surface area (Å²) >= 11 is 4.71. The topological polar surface area (TPSA) is 72.2 Å². The van der Waals surface area contributed by atoms with Crippen LogP contribution in [-0.2, 0) is 10.0 Å². The first-order chi connectivity index (χ1) is 9.35. The highest BCUT2D eigenvalue weighted by Gasteiger charge is 2.32. The maximum absolute atomic E-state index is 13.9. The third kappa shape index (κ3) is 3.29. The van der Waals surface area contributed by atoms with Crippen molar-refractivity contribution in [1.29, 1.82) is 0 Å². The molecular weight excluding hydrogens is 367 g/mol. The molecule has 0 saturated heterocycles. The quantitative estimate of drug-likeness (QED) is 0.785. The van der Waals surface area contributed by atoms with Crippen LogP contribution in [0.25, 0.3) is 0 Å². The van der Waals surface area contributed by atoms with E-state index in [0.29, 0.717) is 4.47 Å². The normalized spacial score (nSPS) is 23.1. The van der Waals surface area contributed by atoms with E-state index in [1.807, 2.05) is 6.26 Å². The van der Waals surface area contributed by atoms with E-state index in [9.17, 15) is 12.8 Å². The number of nitrogen functional groups attached to an aromatic ring is 1. The van der Waals surface area contributed by atoms with Gasteiger partial charge in [-0.3, -0.25) is 0 Å². The second-order valence-corrected chi connectivity index (χ2v) is 8.35. The number of hydrogen-bond acceptors (Lipinski definition) is 4. The molecule has 4 nitrogen and oxygen atoms in total. The van der Waals surface area contributed by atoms with Crippen molar-refractivity contribution in [3.63, 3.8) is 0 Å². The van der Waals surface area contributed by atoms with Gasteiger partial charge in [0.25, 0.3) is 0 Å². The van der Waals surface area contributed by atoms with Crippen LogP contribution >= 0.6 is 27.7 Å². The maximum atomic E-state index is 13.9. The molecule has 20 heavy (non-hydrogen) atoms. The first kappa shape index (κ1) is 16.1. The third-order valence-corrected chi connectivity index (χ3v) is 6.76. The molecular formula is C12H16BrFN2O2S2. The van der Waals surface area contributed by atoms with Gasteiger partial charge in [-0.15, -0.1) is 0 Å². The molecule has 112 valence electrons. The van der Waals surface area contributed by atoms with Crippen LogP contribution in [0, 0.1) is 5.82 Å². The fourth-order valence-corrected chi connectivity index (χ4v) is 5.10. The molecule has 2 atom stereocenters. The molecule has 1 saturated carbocycles. The Hall–Kier alpha value is -0.310. The Kier molecular flexibility index (Phi) is 4.99. The average molecular weight is 383 g/mol. The molecule has 3 N–H and O–H groups in total. The summed E-state index contributed by atoms with van der Waals surface area (Å²) in [5.41, 5.74) is 5.83. The Morgan fingerprint density at radius 3 is 2.80 bits per heavy atom. The highest BCUT2D eigenvalue weighted by atomic mass is 79.9. The van der Waals surface area contributed by atoms with E-state index in [0.717, 1.165) is 31.4 Å². The largest absolute Gasteiger partial charge is 0.398 e. The van der Waals surface area contributed by atoms with Crippen molar-refractivity contribution in [3.8, 4) is 0 Å². The van der Waals surface area contributed by atoms with Crippen LogP contribution in [0.5, 0.6) is 0 Å². The molecule has 0 radical (unpaired) electrons. The van der Waals surface area contributed by atoms with Crippen LogP contribution in [0.4, 0.5) is 10.1 Å². The average Bonchev–Trinajstić information content (AvgIpc) is 2.80. The van der Waals surface area contributed by atoms with Gasteiger partial charge in [0.2, 0.25) is 10.0 Å². The maximum Gasteiger partial charge on any atom is 0.243 e. The number of halogens is 2. The monoisotopic (exact) mass is 382 g/mol. The lowest BCUT2D eigenvalue weighted by atomic mass is 10.3. The van der Waals surface area contributed by atoms with Gasteiger partial charge in [-0.05, 0) is 47.2 Å². The zero-order valence-electron chi connectivity index (χ0n) is 10.9. The standard InChI is InChI=1S/C12H16BrFN2O2S2/c1-19-11-4-2-3-10(11)16-20(17,18)12-6-9(15)7(13)5-8(12)14/h5-6,10-11,16H,2-4,15H2,1H3. The van der Waals surface area contributed by atoms with E-state index in [1.54, 1.807) is 11.8 Å². The Bertz CT molecular complexity index is 610. The van der Waals surface area contributed by atoms with E-state index in [4.69, 9.17) is 5.73 Å². The van der Waals surface area contributed by atoms with Gasteiger partial charge in [0.15, 0.2) is 0 Å². The van der Waals surface area contributed by atoms with E-state index < -0.39 is 20.7 Å². The predicted octanol–water partition coefficient (Wildman–Crippen LogP) is 2.73. The van der Waals surface area contributed by atoms with E-state index in [-0.39, 0.29) is 17.0 Å². The SMILES string of the molecule is CSC1CCCC1NS(=O)(=O)c1cc(N)c(Br)cc1F. The first-order valence-electron chi connectivity index (χ1n) is 6.15. The van der Waals surface area contributed by atoms with Crippen molar-refractivity contribution in [2.24, 2.45) is 0 Å². The first-order valence-corrected chi connectivity index (χ1v) is 9.71. The van der Waals surface area contributed by atoms with Crippen LogP contribution in [0.2, 0.25) is 0 Å². The zero-order valence-corrected chi connectivity index (χ0v) is 14.1. The Balaban J connectivity index is 2.29. The fraction of sp³-hybridized carbons (Fsp3) is 0.500. The Morgan fingerprint density at radius 1 is 1.45 bits per heavy atom. The number of nitrogens with one attached hydrogen (secondary N) is 1. The summed E-state index contributed by atoms with van der Waals surface area (Å²) in [6.07, 6.45) is 4.68. The zero-order chi connectivity index (χ0) is 14.9. The number of anilines is 1. The predicted molar refractivity (Wildman–Crippen MR) is 83.8 cm³/mol. The summed E-state index contributed by atoms with van der Waals surface area (Å²) in [7, 11) is -3.90. The second kappa shape index (κ2) is 6.21. The smallest absolute Gasteiger partial charge is 0.243 e. The third-order valence-electron chi connectivity index (χ3n) is 3.40. The van der Waals surface area contributed by atoms with Gasteiger partial charge < -0.3 is 5.73 Å². The van der Waals surface area contributed by atoms with E-state index in [1.165, 1.54) is 0 Å². The van der Waals surface area contributed by atoms with Gasteiger partial charge in [-0.25, -0.2) is 17.5 Å². The molecule has 0 aromatic heterocycles. The van der Waals surface area contributed by atoms with Gasteiger partial charge in [0, 0.05) is 21.5 Å². The van der Waals surface area contributed by atoms with Crippen LogP contribution in [0.1, 0.15) is 19.3 Å². The van der Waals surface area contributed by atoms with E-state index >= 15 is 0 Å². The molecule has 0 bridgehead atoms. The summed E-state index contributed by atoms with van der Waals surface area (Å²) in [6, 6.07) is 2.06. The summed E-state index contributed by atoms with van der Waals surface area (Å²) in [5.74, 6) is -0.808. The highest BCUT2D eigenvalue weighted by Crippen LogP contribution is 2.31. The second-order valence-electron chi connectivity index (χ2n) is 4.74. The number of rotatable bonds is 4. The molecule has 1 aromatic rings. The molecule has 1 aliphatic rings. The highest BCUT2D eigenvalue weighted by molar-refractivity contribution is 9.10. The number of sulfonamides is 1. The van der Waals surface area contributed by atoms with Crippen molar-refractivity contribution >= 4 is 43.4 Å². The van der Waals surface area contributed by atoms with Gasteiger partial charge in [0.05, 0.1) is 0 Å². The lowest BCUT2D eigenvalue weighted by Gasteiger charge is -2.19.